The smallest absolute Gasteiger partial charge is 0.457 e. The zero-order chi connectivity index (χ0) is 42.7. The van der Waals surface area contributed by atoms with E-state index in [2.05, 4.69) is 50.3 Å². The fourth-order valence-electron chi connectivity index (χ4n) is 6.64. The van der Waals surface area contributed by atoms with Crippen LogP contribution in [-0.4, -0.2) is 75.6 Å². The molecule has 0 rings (SSSR count). The molecule has 2 atom stereocenters. The Kier molecular flexibility index (Phi) is 41.5. The number of ether oxygens (including phenoxy) is 2. The van der Waals surface area contributed by atoms with Crippen molar-refractivity contribution in [2.75, 3.05) is 54.1 Å². The van der Waals surface area contributed by atoms with E-state index in [1.54, 1.807) is 0 Å². The predicted octanol–water partition coefficient (Wildman–Crippen LogP) is 14.6. The van der Waals surface area contributed by atoms with Crippen LogP contribution in [0.5, 0.6) is 0 Å². The number of nitrogens with zero attached hydrogens (tertiary/aromatic N) is 1. The van der Waals surface area contributed by atoms with Crippen molar-refractivity contribution >= 4 is 13.8 Å². The SMILES string of the molecule is CCCCC/C=C\CCCCCCCCOCC(COP(=O)(O)OCC[N+](C)(C)C)OC(=O)CCCCCCCCCCCCC/C=C\C/C=C\CCCCCCC. The summed E-state index contributed by atoms with van der Waals surface area (Å²) in [6, 6.07) is 0. The molecule has 0 aliphatic carbocycles. The fraction of sp³-hybridized carbons (Fsp3) is 0.857. The molecular weight excluding hydrogens is 746 g/mol. The van der Waals surface area contributed by atoms with Gasteiger partial charge in [0.25, 0.3) is 0 Å². The summed E-state index contributed by atoms with van der Waals surface area (Å²) in [6.07, 6.45) is 50.4. The van der Waals surface area contributed by atoms with Gasteiger partial charge in [-0.05, 0) is 70.6 Å². The monoisotopic (exact) mass is 841 g/mol. The summed E-state index contributed by atoms with van der Waals surface area (Å²) in [6.45, 7) is 5.60. The Bertz CT molecular complexity index is 1020. The molecule has 0 aliphatic heterocycles. The second-order valence-electron chi connectivity index (χ2n) is 17.5. The summed E-state index contributed by atoms with van der Waals surface area (Å²) < 4.78 is 35.0. The van der Waals surface area contributed by atoms with E-state index >= 15 is 0 Å². The van der Waals surface area contributed by atoms with Gasteiger partial charge in [-0.2, -0.15) is 0 Å². The Morgan fingerprint density at radius 2 is 0.948 bits per heavy atom. The summed E-state index contributed by atoms with van der Waals surface area (Å²) in [5.41, 5.74) is 0. The Hall–Kier alpha value is -1.28. The number of phosphoric ester groups is 1. The lowest BCUT2D eigenvalue weighted by Crippen LogP contribution is -2.37. The van der Waals surface area contributed by atoms with Gasteiger partial charge in [0.15, 0.2) is 0 Å². The van der Waals surface area contributed by atoms with Crippen LogP contribution in [0.3, 0.4) is 0 Å². The van der Waals surface area contributed by atoms with Gasteiger partial charge in [0.2, 0.25) is 0 Å². The number of likely N-dealkylation sites (N-methyl/N-ethyl adjacent to an activating group) is 1. The minimum absolute atomic E-state index is 0.0873. The van der Waals surface area contributed by atoms with Gasteiger partial charge in [-0.3, -0.25) is 13.8 Å². The number of hydrogen-bond acceptors (Lipinski definition) is 6. The van der Waals surface area contributed by atoms with E-state index < -0.39 is 13.9 Å². The van der Waals surface area contributed by atoms with Gasteiger partial charge in [0.05, 0.1) is 34.4 Å². The summed E-state index contributed by atoms with van der Waals surface area (Å²) in [7, 11) is 1.66. The molecule has 9 heteroatoms. The van der Waals surface area contributed by atoms with E-state index in [1.807, 2.05) is 21.1 Å². The number of rotatable bonds is 45. The van der Waals surface area contributed by atoms with Crippen molar-refractivity contribution in [2.24, 2.45) is 0 Å². The van der Waals surface area contributed by atoms with Gasteiger partial charge in [-0.15, -0.1) is 0 Å². The Morgan fingerprint density at radius 1 is 0.534 bits per heavy atom. The van der Waals surface area contributed by atoms with Crippen molar-refractivity contribution in [3.8, 4) is 0 Å². The van der Waals surface area contributed by atoms with Gasteiger partial charge >= 0.3 is 13.8 Å². The number of hydrogen-bond donors (Lipinski definition) is 1. The molecule has 0 saturated heterocycles. The zero-order valence-corrected chi connectivity index (χ0v) is 39.7. The van der Waals surface area contributed by atoms with Crippen LogP contribution in [0.4, 0.5) is 0 Å². The summed E-state index contributed by atoms with van der Waals surface area (Å²) in [4.78, 5) is 22.9. The lowest BCUT2D eigenvalue weighted by atomic mass is 10.0. The van der Waals surface area contributed by atoms with Crippen molar-refractivity contribution < 1.29 is 37.3 Å². The highest BCUT2D eigenvalue weighted by Crippen LogP contribution is 2.43. The van der Waals surface area contributed by atoms with Crippen LogP contribution < -0.4 is 0 Å². The van der Waals surface area contributed by atoms with E-state index in [-0.39, 0.29) is 25.8 Å². The Morgan fingerprint density at radius 3 is 1.45 bits per heavy atom. The maximum Gasteiger partial charge on any atom is 0.472 e. The largest absolute Gasteiger partial charge is 0.472 e. The minimum atomic E-state index is -4.28. The van der Waals surface area contributed by atoms with Crippen LogP contribution in [0.25, 0.3) is 0 Å². The lowest BCUT2D eigenvalue weighted by molar-refractivity contribution is -0.870. The van der Waals surface area contributed by atoms with Crippen LogP contribution in [0, 0.1) is 0 Å². The number of allylic oxidation sites excluding steroid dienone is 6. The number of unbranched alkanes of at least 4 members (excludes halogenated alkanes) is 25. The maximum atomic E-state index is 12.7. The number of phosphoric acid groups is 1. The molecule has 0 saturated carbocycles. The quantitative estimate of drug-likeness (QED) is 0.0215. The highest BCUT2D eigenvalue weighted by Gasteiger charge is 2.26. The van der Waals surface area contributed by atoms with E-state index in [9.17, 15) is 14.3 Å². The highest BCUT2D eigenvalue weighted by molar-refractivity contribution is 7.47. The molecule has 0 aliphatic rings. The van der Waals surface area contributed by atoms with Crippen LogP contribution in [0.1, 0.15) is 213 Å². The number of esters is 1. The van der Waals surface area contributed by atoms with Gasteiger partial charge in [-0.1, -0.05) is 172 Å². The summed E-state index contributed by atoms with van der Waals surface area (Å²) in [5.74, 6) is -0.317. The van der Waals surface area contributed by atoms with E-state index in [4.69, 9.17) is 18.5 Å². The standard InChI is InChI=1S/C49H94NO7P/c1-6-8-10-12-14-16-18-20-21-22-23-24-25-26-27-28-29-30-32-34-36-38-40-42-49(51)57-48(47-56-58(52,53)55-45-43-50(3,4)5)46-54-44-41-39-37-35-33-31-19-17-15-13-11-9-7-2/h15,17-18,20,22-23,48H,6-14,16,19,21,24-47H2,1-5H3/p+1/b17-15-,20-18-,23-22-. The first kappa shape index (κ1) is 56.7. The van der Waals surface area contributed by atoms with Crippen LogP contribution in [0.2, 0.25) is 0 Å². The average Bonchev–Trinajstić information content (AvgIpc) is 3.18. The molecule has 342 valence electrons. The highest BCUT2D eigenvalue weighted by atomic mass is 31.2. The third-order valence-electron chi connectivity index (χ3n) is 10.4. The Balaban J connectivity index is 4.12. The maximum absolute atomic E-state index is 12.7. The molecule has 0 radical (unpaired) electrons. The molecular formula is C49H95NO7P+. The number of carbonyl (C=O) groups is 1. The predicted molar refractivity (Wildman–Crippen MR) is 247 cm³/mol. The number of quaternary nitrogens is 1. The molecule has 0 aromatic heterocycles. The molecule has 0 aromatic rings. The fourth-order valence-corrected chi connectivity index (χ4v) is 7.38. The summed E-state index contributed by atoms with van der Waals surface area (Å²) >= 11 is 0. The molecule has 8 nitrogen and oxygen atoms in total. The van der Waals surface area contributed by atoms with Gasteiger partial charge in [0, 0.05) is 13.0 Å². The van der Waals surface area contributed by atoms with Gasteiger partial charge < -0.3 is 18.9 Å². The van der Waals surface area contributed by atoms with Crippen LogP contribution in [0.15, 0.2) is 36.5 Å². The third-order valence-corrected chi connectivity index (χ3v) is 11.4. The van der Waals surface area contributed by atoms with Crippen molar-refractivity contribution in [1.29, 1.82) is 0 Å². The second kappa shape index (κ2) is 42.4. The van der Waals surface area contributed by atoms with Crippen molar-refractivity contribution in [2.45, 2.75) is 219 Å². The van der Waals surface area contributed by atoms with Crippen molar-refractivity contribution in [3.05, 3.63) is 36.5 Å². The molecule has 58 heavy (non-hydrogen) atoms. The van der Waals surface area contributed by atoms with Crippen molar-refractivity contribution in [3.63, 3.8) is 0 Å². The first-order valence-electron chi connectivity index (χ1n) is 24.2. The molecule has 1 N–H and O–H groups in total. The molecule has 0 spiro atoms. The number of carbonyl (C=O) groups excluding carboxylic acids is 1. The Labute approximate surface area is 359 Å². The lowest BCUT2D eigenvalue weighted by Gasteiger charge is -2.24. The van der Waals surface area contributed by atoms with Gasteiger partial charge in [-0.25, -0.2) is 4.57 Å². The van der Waals surface area contributed by atoms with Crippen molar-refractivity contribution in [1.82, 2.24) is 0 Å². The average molecular weight is 841 g/mol. The first-order valence-corrected chi connectivity index (χ1v) is 25.7. The molecule has 2 unspecified atom stereocenters. The normalized spacial score (nSPS) is 14.0. The third kappa shape index (κ3) is 45.8. The summed E-state index contributed by atoms with van der Waals surface area (Å²) in [5, 5.41) is 0. The van der Waals surface area contributed by atoms with E-state index in [0.717, 1.165) is 38.5 Å². The van der Waals surface area contributed by atoms with E-state index in [0.29, 0.717) is 24.1 Å². The second-order valence-corrected chi connectivity index (χ2v) is 18.9. The van der Waals surface area contributed by atoms with Gasteiger partial charge in [0.1, 0.15) is 19.3 Å². The molecule has 0 amide bonds. The first-order chi connectivity index (χ1) is 28.1. The molecule has 0 fully saturated rings. The van der Waals surface area contributed by atoms with E-state index in [1.165, 1.54) is 154 Å². The zero-order valence-electron chi connectivity index (χ0n) is 38.8. The topological polar surface area (TPSA) is 91.3 Å². The van der Waals surface area contributed by atoms with Crippen LogP contribution in [-0.2, 0) is 27.9 Å². The minimum Gasteiger partial charge on any atom is -0.457 e. The molecule has 0 aromatic carbocycles. The molecule has 0 bridgehead atoms. The van der Waals surface area contributed by atoms with Crippen LogP contribution >= 0.6 is 7.82 Å². The molecule has 0 heterocycles.